The normalized spacial score (nSPS) is 10.5. The van der Waals surface area contributed by atoms with Crippen molar-refractivity contribution in [3.63, 3.8) is 0 Å². The molecule has 0 saturated carbocycles. The summed E-state index contributed by atoms with van der Waals surface area (Å²) in [6.45, 7) is 0. The minimum absolute atomic E-state index is 0.0823. The first-order chi connectivity index (χ1) is 7.93. The van der Waals surface area contributed by atoms with Crippen molar-refractivity contribution in [3.05, 3.63) is 16.1 Å². The van der Waals surface area contributed by atoms with Crippen molar-refractivity contribution in [2.24, 2.45) is 0 Å². The number of Topliss-reactive ketones (excluding diaryl/α,β-unsaturated/α-hetero) is 1. The minimum Gasteiger partial charge on any atom is -0.506 e. The number of ketones is 1. The van der Waals surface area contributed by atoms with Gasteiger partial charge in [0.2, 0.25) is 0 Å². The summed E-state index contributed by atoms with van der Waals surface area (Å²) in [6, 6.07) is 1.53. The first-order valence-corrected chi connectivity index (χ1v) is 7.02. The molecule has 4 nitrogen and oxygen atoms in total. The molecule has 0 aliphatic heterocycles. The largest absolute Gasteiger partial charge is 0.506 e. The van der Waals surface area contributed by atoms with Gasteiger partial charge in [0.25, 0.3) is 0 Å². The molecule has 94 valence electrons. The summed E-state index contributed by atoms with van der Waals surface area (Å²) in [5, 5.41) is 9.97. The summed E-state index contributed by atoms with van der Waals surface area (Å²) in [4.78, 5) is 11.9. The van der Waals surface area contributed by atoms with Gasteiger partial charge >= 0.3 is 0 Å². The van der Waals surface area contributed by atoms with Crippen LogP contribution in [0.15, 0.2) is 10.5 Å². The molecule has 0 radical (unpaired) electrons. The molecule has 1 N–H and O–H groups in total. The van der Waals surface area contributed by atoms with Crippen molar-refractivity contribution < 1.29 is 19.4 Å². The van der Waals surface area contributed by atoms with Gasteiger partial charge in [0.05, 0.1) is 14.2 Å². The Morgan fingerprint density at radius 1 is 1.29 bits per heavy atom. The minimum atomic E-state index is -0.602. The van der Waals surface area contributed by atoms with Crippen molar-refractivity contribution in [1.82, 2.24) is 0 Å². The fourth-order valence-electron chi connectivity index (χ4n) is 1.25. The predicted molar refractivity (Wildman–Crippen MR) is 74.9 cm³/mol. The molecule has 0 aliphatic rings. The Balaban J connectivity index is 3.48. The zero-order chi connectivity index (χ0) is 13.2. The maximum absolute atomic E-state index is 11.9. The molecule has 7 heteroatoms. The van der Waals surface area contributed by atoms with Crippen LogP contribution in [0.2, 0.25) is 0 Å². The molecule has 0 bridgehead atoms. The van der Waals surface area contributed by atoms with Gasteiger partial charge in [-0.15, -0.1) is 0 Å². The summed E-state index contributed by atoms with van der Waals surface area (Å²) in [6.07, 6.45) is 0. The molecule has 1 rings (SSSR count). The monoisotopic (exact) mass is 430 g/mol. The lowest BCUT2D eigenvalue weighted by molar-refractivity contribution is 0.101. The predicted octanol–water partition coefficient (Wildman–Crippen LogP) is 3.47. The van der Waals surface area contributed by atoms with Crippen LogP contribution in [-0.2, 0) is 0 Å². The number of phenolic OH excluding ortho intramolecular Hbond substituents is 1. The topological polar surface area (TPSA) is 55.8 Å². The van der Waals surface area contributed by atoms with Crippen LogP contribution in [-0.4, -0.2) is 28.8 Å². The molecule has 1 aromatic rings. The van der Waals surface area contributed by atoms with E-state index in [0.29, 0.717) is 10.2 Å². The highest BCUT2D eigenvalue weighted by molar-refractivity contribution is 9.25. The molecule has 0 fully saturated rings. The molecular weight excluding hydrogens is 424 g/mol. The van der Waals surface area contributed by atoms with Crippen LogP contribution in [0, 0.1) is 0 Å². The fourth-order valence-corrected chi connectivity index (χ4v) is 2.19. The molecule has 0 unspecified atom stereocenters. The number of halogens is 3. The highest BCUT2D eigenvalue weighted by Crippen LogP contribution is 2.43. The maximum Gasteiger partial charge on any atom is 0.194 e. The van der Waals surface area contributed by atoms with Gasteiger partial charge in [-0.1, -0.05) is 31.9 Å². The number of ether oxygens (including phenoxy) is 2. The number of phenols is 1. The first kappa shape index (κ1) is 14.8. The molecule has 0 atom stereocenters. The Bertz CT molecular complexity index is 446. The van der Waals surface area contributed by atoms with Crippen molar-refractivity contribution in [2.75, 3.05) is 14.2 Å². The van der Waals surface area contributed by atoms with E-state index in [0.717, 1.165) is 0 Å². The van der Waals surface area contributed by atoms with E-state index in [1.165, 1.54) is 20.3 Å². The van der Waals surface area contributed by atoms with Gasteiger partial charge in [0, 0.05) is 6.07 Å². The first-order valence-electron chi connectivity index (χ1n) is 4.39. The second-order valence-corrected chi connectivity index (χ2v) is 6.84. The van der Waals surface area contributed by atoms with Crippen molar-refractivity contribution in [1.29, 1.82) is 0 Å². The molecule has 0 spiro atoms. The van der Waals surface area contributed by atoms with Crippen LogP contribution in [0.1, 0.15) is 10.4 Å². The van der Waals surface area contributed by atoms with E-state index in [2.05, 4.69) is 47.8 Å². The van der Waals surface area contributed by atoms with E-state index >= 15 is 0 Å². The van der Waals surface area contributed by atoms with E-state index in [1.54, 1.807) is 0 Å². The van der Waals surface area contributed by atoms with E-state index in [9.17, 15) is 9.90 Å². The smallest absolute Gasteiger partial charge is 0.194 e. The van der Waals surface area contributed by atoms with Crippen LogP contribution < -0.4 is 9.47 Å². The van der Waals surface area contributed by atoms with E-state index in [-0.39, 0.29) is 22.8 Å². The number of rotatable bonds is 4. The molecule has 0 aromatic heterocycles. The zero-order valence-corrected chi connectivity index (χ0v) is 13.7. The number of hydrogen-bond acceptors (Lipinski definition) is 4. The third-order valence-corrected chi connectivity index (χ3v) is 3.65. The molecule has 0 aliphatic carbocycles. The number of aromatic hydroxyl groups is 1. The average molecular weight is 433 g/mol. The summed E-state index contributed by atoms with van der Waals surface area (Å²) in [5.74, 6) is 0.0749. The maximum atomic E-state index is 11.9. The number of benzene rings is 1. The van der Waals surface area contributed by atoms with E-state index in [1.807, 2.05) is 0 Å². The van der Waals surface area contributed by atoms with Crippen LogP contribution in [0.5, 0.6) is 17.2 Å². The van der Waals surface area contributed by atoms with Gasteiger partial charge in [0.15, 0.2) is 5.78 Å². The van der Waals surface area contributed by atoms with Crippen molar-refractivity contribution in [3.8, 4) is 17.2 Å². The quantitative estimate of drug-likeness (QED) is 0.584. The average Bonchev–Trinajstić information content (AvgIpc) is 2.31. The molecule has 0 saturated heterocycles. The molecule has 17 heavy (non-hydrogen) atoms. The van der Waals surface area contributed by atoms with Gasteiger partial charge in [0.1, 0.15) is 31.0 Å². The van der Waals surface area contributed by atoms with Crippen LogP contribution in [0.25, 0.3) is 0 Å². The number of methoxy groups -OCH3 is 2. The number of hydrogen-bond donors (Lipinski definition) is 1. The summed E-state index contributed by atoms with van der Waals surface area (Å²) in [5.41, 5.74) is 0.0823. The third kappa shape index (κ3) is 2.95. The number of carbonyl (C=O) groups is 1. The lowest BCUT2D eigenvalue weighted by Crippen LogP contribution is -2.10. The van der Waals surface area contributed by atoms with Crippen LogP contribution in [0.3, 0.4) is 0 Å². The van der Waals surface area contributed by atoms with Crippen molar-refractivity contribution >= 4 is 53.6 Å². The second-order valence-electron chi connectivity index (χ2n) is 2.98. The van der Waals surface area contributed by atoms with Crippen molar-refractivity contribution in [2.45, 2.75) is 3.74 Å². The van der Waals surface area contributed by atoms with Gasteiger partial charge in [-0.3, -0.25) is 4.79 Å². The zero-order valence-electron chi connectivity index (χ0n) is 8.96. The van der Waals surface area contributed by atoms with Gasteiger partial charge in [-0.25, -0.2) is 0 Å². The van der Waals surface area contributed by atoms with Crippen LogP contribution in [0.4, 0.5) is 0 Å². The van der Waals surface area contributed by atoms with E-state index in [4.69, 9.17) is 9.47 Å². The Labute approximate surface area is 124 Å². The SMILES string of the molecule is COc1cc(OC)c(C(=O)C(Br)Br)c(O)c1Br. The second kappa shape index (κ2) is 6.06. The van der Waals surface area contributed by atoms with Gasteiger partial charge in [-0.05, 0) is 15.9 Å². The fraction of sp³-hybridized carbons (Fsp3) is 0.300. The summed E-state index contributed by atoms with van der Waals surface area (Å²) >= 11 is 9.33. The lowest BCUT2D eigenvalue weighted by Gasteiger charge is -2.14. The van der Waals surface area contributed by atoms with Gasteiger partial charge < -0.3 is 14.6 Å². The standard InChI is InChI=1S/C10H9Br3O4/c1-16-4-3-5(17-2)7(11)8(14)6(4)9(15)10(12)13/h3,10,14H,1-2H3. The highest BCUT2D eigenvalue weighted by Gasteiger charge is 2.26. The molecule has 1 aromatic carbocycles. The summed E-state index contributed by atoms with van der Waals surface area (Å²) in [7, 11) is 2.87. The Kier molecular flexibility index (Phi) is 5.27. The number of carbonyl (C=O) groups excluding carboxylic acids is 1. The van der Waals surface area contributed by atoms with Crippen LogP contribution >= 0.6 is 47.8 Å². The van der Waals surface area contributed by atoms with E-state index < -0.39 is 3.74 Å². The number of alkyl halides is 2. The highest BCUT2D eigenvalue weighted by atomic mass is 79.9. The summed E-state index contributed by atoms with van der Waals surface area (Å²) < 4.78 is 9.82. The Morgan fingerprint density at radius 3 is 2.24 bits per heavy atom. The van der Waals surface area contributed by atoms with Gasteiger partial charge in [-0.2, -0.15) is 0 Å². The molecule has 0 amide bonds. The third-order valence-electron chi connectivity index (χ3n) is 2.05. The lowest BCUT2D eigenvalue weighted by atomic mass is 10.1. The molecular formula is C10H9Br3O4. The molecule has 0 heterocycles. The Morgan fingerprint density at radius 2 is 1.82 bits per heavy atom. The Hall–Kier alpha value is -0.270.